The summed E-state index contributed by atoms with van der Waals surface area (Å²) in [6.07, 6.45) is -4.90. The minimum Gasteiger partial charge on any atom is -0.497 e. The fourth-order valence-corrected chi connectivity index (χ4v) is 5.59. The number of ether oxygens (including phenoxy) is 3. The average Bonchev–Trinajstić information content (AvgIpc) is 3.59. The van der Waals surface area contributed by atoms with Gasteiger partial charge in [-0.1, -0.05) is 67.9 Å². The van der Waals surface area contributed by atoms with Crippen LogP contribution < -0.4 is 15.4 Å². The number of amides is 3. The first kappa shape index (κ1) is 44.2. The Morgan fingerprint density at radius 2 is 1.55 bits per heavy atom. The molecule has 0 spiro atoms. The van der Waals surface area contributed by atoms with Gasteiger partial charge >= 0.3 is 23.8 Å². The van der Waals surface area contributed by atoms with E-state index >= 15 is 0 Å². The number of methoxy groups -OCH3 is 2. The molecular weight excluding hydrogens is 725 g/mol. The molecule has 3 amide bonds. The Kier molecular flexibility index (Phi) is 14.4. The van der Waals surface area contributed by atoms with Crippen molar-refractivity contribution in [1.29, 1.82) is 0 Å². The van der Waals surface area contributed by atoms with Crippen LogP contribution in [0.5, 0.6) is 5.75 Å². The maximum Gasteiger partial charge on any atom is 0.434 e. The molecule has 3 rings (SSSR count). The van der Waals surface area contributed by atoms with E-state index in [4.69, 9.17) is 9.47 Å². The normalized spacial score (nSPS) is 14.8. The summed E-state index contributed by atoms with van der Waals surface area (Å²) in [7, 11) is 2.21. The molecule has 0 saturated carbocycles. The Morgan fingerprint density at radius 3 is 2.07 bits per heavy atom. The van der Waals surface area contributed by atoms with Crippen molar-refractivity contribution in [3.05, 3.63) is 77.6 Å². The Morgan fingerprint density at radius 1 is 0.927 bits per heavy atom. The summed E-state index contributed by atoms with van der Waals surface area (Å²) in [6.45, 7) is 11.5. The Labute approximate surface area is 318 Å². The molecule has 0 aliphatic carbocycles. The van der Waals surface area contributed by atoms with Gasteiger partial charge < -0.3 is 34.9 Å². The van der Waals surface area contributed by atoms with Crippen LogP contribution in [0.25, 0.3) is 0 Å². The Balaban J connectivity index is 2.05. The number of carbonyl (C=O) groups is 4. The molecule has 4 atom stereocenters. The van der Waals surface area contributed by atoms with Crippen LogP contribution >= 0.6 is 0 Å². The number of benzene rings is 2. The van der Waals surface area contributed by atoms with Crippen LogP contribution in [0, 0.1) is 5.92 Å². The standard InChI is InChI=1S/C38H51F3N6O8/c1-10-24(2)30(43-34(51)55-35(3,4)5)31(48)47(21-26-16-18-28(53-8)19-17-26)36(6,7)32(49)42-27(20-25-14-12-11-13-15-25)22-46-23-29(44-45-46)37(52,33(50)54-9)38(39,40)41/h11-19,23-24,27,30,52H,10,20-22H2,1-9H3,(H,42,49)(H,43,51)/t24-,27-,30-,37?/m0/s1. The van der Waals surface area contributed by atoms with Crippen LogP contribution in [0.2, 0.25) is 0 Å². The molecule has 3 aromatic rings. The summed E-state index contributed by atoms with van der Waals surface area (Å²) >= 11 is 0. The van der Waals surface area contributed by atoms with Crippen LogP contribution in [-0.4, -0.2) is 92.5 Å². The highest BCUT2D eigenvalue weighted by Gasteiger charge is 2.64. The number of rotatable bonds is 16. The number of nitrogens with zero attached hydrogens (tertiary/aromatic N) is 4. The number of hydrogen-bond acceptors (Lipinski definition) is 10. The highest BCUT2D eigenvalue weighted by molar-refractivity contribution is 5.94. The monoisotopic (exact) mass is 776 g/mol. The van der Waals surface area contributed by atoms with E-state index in [0.29, 0.717) is 24.8 Å². The van der Waals surface area contributed by atoms with E-state index in [1.54, 1.807) is 82.3 Å². The van der Waals surface area contributed by atoms with Gasteiger partial charge in [0.25, 0.3) is 0 Å². The van der Waals surface area contributed by atoms with Crippen molar-refractivity contribution in [2.24, 2.45) is 5.92 Å². The molecule has 2 aromatic carbocycles. The fourth-order valence-electron chi connectivity index (χ4n) is 5.59. The van der Waals surface area contributed by atoms with E-state index in [1.165, 1.54) is 25.9 Å². The quantitative estimate of drug-likeness (QED) is 0.173. The second-order valence-electron chi connectivity index (χ2n) is 14.7. The van der Waals surface area contributed by atoms with E-state index in [1.807, 2.05) is 6.92 Å². The maximum atomic E-state index is 14.6. The number of carbonyl (C=O) groups excluding carboxylic acids is 4. The molecule has 0 aliphatic heterocycles. The smallest absolute Gasteiger partial charge is 0.434 e. The van der Waals surface area contributed by atoms with Gasteiger partial charge in [0, 0.05) is 6.54 Å². The third kappa shape index (κ3) is 11.2. The molecule has 0 radical (unpaired) electrons. The van der Waals surface area contributed by atoms with Gasteiger partial charge in [-0.05, 0) is 70.2 Å². The number of alkyl halides is 3. The van der Waals surface area contributed by atoms with Crippen molar-refractivity contribution in [3.8, 4) is 5.75 Å². The first-order chi connectivity index (χ1) is 25.6. The summed E-state index contributed by atoms with van der Waals surface area (Å²) in [4.78, 5) is 55.5. The number of aromatic nitrogens is 3. The third-order valence-electron chi connectivity index (χ3n) is 9.02. The summed E-state index contributed by atoms with van der Waals surface area (Å²) in [5, 5.41) is 23.2. The Hall–Kier alpha value is -5.19. The van der Waals surface area contributed by atoms with Gasteiger partial charge in [0.15, 0.2) is 0 Å². The lowest BCUT2D eigenvalue weighted by atomic mass is 9.93. The number of aliphatic hydroxyl groups is 1. The summed E-state index contributed by atoms with van der Waals surface area (Å²) < 4.78 is 57.8. The zero-order valence-corrected chi connectivity index (χ0v) is 32.6. The van der Waals surface area contributed by atoms with Crippen LogP contribution in [0.1, 0.15) is 71.7 Å². The molecule has 14 nitrogen and oxygen atoms in total. The lowest BCUT2D eigenvalue weighted by Crippen LogP contribution is -2.63. The maximum absolute atomic E-state index is 14.6. The van der Waals surface area contributed by atoms with Crippen molar-refractivity contribution in [3.63, 3.8) is 0 Å². The molecular formula is C38H51F3N6O8. The number of nitrogens with one attached hydrogen (secondary N) is 2. The van der Waals surface area contributed by atoms with Gasteiger partial charge in [0.05, 0.1) is 33.0 Å². The van der Waals surface area contributed by atoms with Crippen molar-refractivity contribution < 1.29 is 51.7 Å². The molecule has 1 unspecified atom stereocenters. The van der Waals surface area contributed by atoms with Crippen LogP contribution in [0.3, 0.4) is 0 Å². The highest BCUT2D eigenvalue weighted by atomic mass is 19.4. The first-order valence-corrected chi connectivity index (χ1v) is 17.6. The first-order valence-electron chi connectivity index (χ1n) is 17.6. The second-order valence-corrected chi connectivity index (χ2v) is 14.7. The minimum atomic E-state index is -5.49. The molecule has 0 bridgehead atoms. The van der Waals surface area contributed by atoms with E-state index in [0.717, 1.165) is 16.4 Å². The fraction of sp³-hybridized carbons (Fsp3) is 0.526. The van der Waals surface area contributed by atoms with Gasteiger partial charge in [0.1, 0.15) is 28.6 Å². The molecule has 17 heteroatoms. The van der Waals surface area contributed by atoms with Gasteiger partial charge in [-0.15, -0.1) is 5.10 Å². The minimum absolute atomic E-state index is 0.0640. The van der Waals surface area contributed by atoms with Crippen LogP contribution in [0.15, 0.2) is 60.8 Å². The van der Waals surface area contributed by atoms with Crippen molar-refractivity contribution in [1.82, 2.24) is 30.5 Å². The summed E-state index contributed by atoms with van der Waals surface area (Å²) in [5.74, 6) is -3.02. The summed E-state index contributed by atoms with van der Waals surface area (Å²) in [5.41, 5.74) is -6.28. The zero-order chi connectivity index (χ0) is 41.4. The highest BCUT2D eigenvalue weighted by Crippen LogP contribution is 2.39. The predicted octanol–water partition coefficient (Wildman–Crippen LogP) is 4.68. The largest absolute Gasteiger partial charge is 0.497 e. The topological polar surface area (TPSA) is 174 Å². The second kappa shape index (κ2) is 18.0. The average molecular weight is 777 g/mol. The molecule has 1 heterocycles. The number of hydrogen-bond donors (Lipinski definition) is 3. The molecule has 3 N–H and O–H groups in total. The Bertz CT molecular complexity index is 1760. The molecule has 302 valence electrons. The van der Waals surface area contributed by atoms with Gasteiger partial charge in [-0.25, -0.2) is 9.59 Å². The molecule has 55 heavy (non-hydrogen) atoms. The van der Waals surface area contributed by atoms with Gasteiger partial charge in [-0.3, -0.25) is 14.3 Å². The van der Waals surface area contributed by atoms with Gasteiger partial charge in [0.2, 0.25) is 11.8 Å². The zero-order valence-electron chi connectivity index (χ0n) is 32.6. The predicted molar refractivity (Wildman–Crippen MR) is 194 cm³/mol. The van der Waals surface area contributed by atoms with E-state index in [-0.39, 0.29) is 25.4 Å². The van der Waals surface area contributed by atoms with Crippen molar-refractivity contribution >= 4 is 23.9 Å². The number of alkyl carbamates (subject to hydrolysis) is 1. The molecule has 0 fully saturated rings. The van der Waals surface area contributed by atoms with Crippen LogP contribution in [-0.2, 0) is 49.0 Å². The van der Waals surface area contributed by atoms with E-state index in [9.17, 15) is 37.5 Å². The van der Waals surface area contributed by atoms with Crippen LogP contribution in [0.4, 0.5) is 18.0 Å². The molecule has 0 saturated heterocycles. The number of esters is 1. The molecule has 0 aliphatic rings. The summed E-state index contributed by atoms with van der Waals surface area (Å²) in [6, 6.07) is 13.8. The van der Waals surface area contributed by atoms with Crippen molar-refractivity contribution in [2.45, 2.75) is 109 Å². The molecule has 1 aromatic heterocycles. The van der Waals surface area contributed by atoms with Gasteiger partial charge in [-0.2, -0.15) is 13.2 Å². The SMILES string of the molecule is CC[C@H](C)[C@H](NC(=O)OC(C)(C)C)C(=O)N(Cc1ccc(OC)cc1)C(C)(C)C(=O)N[C@@H](Cc1ccccc1)Cn1cc(C(O)(C(=O)OC)C(F)(F)F)nn1. The third-order valence-corrected chi connectivity index (χ3v) is 9.02. The van der Waals surface area contributed by atoms with E-state index in [2.05, 4.69) is 25.7 Å². The van der Waals surface area contributed by atoms with Crippen molar-refractivity contribution in [2.75, 3.05) is 14.2 Å². The lowest BCUT2D eigenvalue weighted by molar-refractivity contribution is -0.268. The lowest BCUT2D eigenvalue weighted by Gasteiger charge is -2.41. The van der Waals surface area contributed by atoms with E-state index < -0.39 is 64.6 Å². The number of halogens is 3.